The zero-order valence-corrected chi connectivity index (χ0v) is 12.5. The minimum Gasteiger partial charge on any atom is -0.387 e. The topological polar surface area (TPSA) is 102 Å². The number of hydrogen-bond donors (Lipinski definition) is 2. The van der Waals surface area contributed by atoms with Crippen LogP contribution in [0.5, 0.6) is 0 Å². The first-order valence-corrected chi connectivity index (χ1v) is 7.76. The molecule has 1 aromatic carbocycles. The van der Waals surface area contributed by atoms with Crippen LogP contribution in [0.25, 0.3) is 0 Å². The molecule has 0 saturated carbocycles. The number of ether oxygens (including phenoxy) is 2. The Morgan fingerprint density at radius 1 is 1.19 bits per heavy atom. The van der Waals surface area contributed by atoms with E-state index in [9.17, 15) is 18.6 Å². The lowest BCUT2D eigenvalue weighted by molar-refractivity contribution is -0.151. The number of benzene rings is 1. The average molecular weight is 318 g/mol. The van der Waals surface area contributed by atoms with Crippen LogP contribution in [0, 0.1) is 6.92 Å². The molecular formula is C13H18O7S. The summed E-state index contributed by atoms with van der Waals surface area (Å²) in [5.41, 5.74) is 0.926. The Bertz CT molecular complexity index is 569. The number of hydrogen-bond acceptors (Lipinski definition) is 7. The number of aryl methyl sites for hydroxylation is 1. The van der Waals surface area contributed by atoms with E-state index in [1.807, 2.05) is 6.92 Å². The molecule has 7 nitrogen and oxygen atoms in total. The molecule has 0 bridgehead atoms. The Balaban J connectivity index is 2.01. The monoisotopic (exact) mass is 318 g/mol. The first-order chi connectivity index (χ1) is 9.85. The summed E-state index contributed by atoms with van der Waals surface area (Å²) in [5, 5.41) is 19.3. The fraction of sp³-hybridized carbons (Fsp3) is 0.538. The van der Waals surface area contributed by atoms with Crippen LogP contribution in [0.3, 0.4) is 0 Å². The third-order valence-electron chi connectivity index (χ3n) is 3.25. The molecular weight excluding hydrogens is 300 g/mol. The Kier molecular flexibility index (Phi) is 4.97. The molecule has 0 aromatic heterocycles. The smallest absolute Gasteiger partial charge is 0.297 e. The highest BCUT2D eigenvalue weighted by atomic mass is 32.2. The second kappa shape index (κ2) is 6.39. The molecule has 1 fully saturated rings. The molecule has 0 amide bonds. The Morgan fingerprint density at radius 3 is 2.33 bits per heavy atom. The van der Waals surface area contributed by atoms with E-state index in [4.69, 9.17) is 13.7 Å². The van der Waals surface area contributed by atoms with Gasteiger partial charge < -0.3 is 19.7 Å². The van der Waals surface area contributed by atoms with Crippen molar-refractivity contribution >= 4 is 10.1 Å². The summed E-state index contributed by atoms with van der Waals surface area (Å²) in [6.45, 7) is 1.43. The Labute approximate surface area is 123 Å². The van der Waals surface area contributed by atoms with E-state index in [0.717, 1.165) is 5.56 Å². The normalized spacial score (nSPS) is 29.7. The summed E-state index contributed by atoms with van der Waals surface area (Å²) in [6.07, 6.45) is -4.50. The minimum absolute atomic E-state index is 0.0180. The maximum absolute atomic E-state index is 12.0. The molecule has 4 atom stereocenters. The van der Waals surface area contributed by atoms with Crippen LogP contribution in [0.1, 0.15) is 5.56 Å². The van der Waals surface area contributed by atoms with Crippen molar-refractivity contribution in [1.29, 1.82) is 0 Å². The van der Waals surface area contributed by atoms with Gasteiger partial charge in [-0.1, -0.05) is 17.7 Å². The second-order valence-corrected chi connectivity index (χ2v) is 6.43. The van der Waals surface area contributed by atoms with Crippen molar-refractivity contribution in [2.24, 2.45) is 0 Å². The summed E-state index contributed by atoms with van der Waals surface area (Å²) in [5.74, 6) is 0. The van der Waals surface area contributed by atoms with Crippen molar-refractivity contribution in [2.75, 3.05) is 13.7 Å². The van der Waals surface area contributed by atoms with Crippen LogP contribution in [0.15, 0.2) is 29.2 Å². The van der Waals surface area contributed by atoms with Crippen LogP contribution >= 0.6 is 0 Å². The van der Waals surface area contributed by atoms with Crippen molar-refractivity contribution in [1.82, 2.24) is 0 Å². The highest BCUT2D eigenvalue weighted by molar-refractivity contribution is 7.86. The molecule has 1 aliphatic rings. The molecule has 1 aliphatic heterocycles. The molecule has 8 heteroatoms. The van der Waals surface area contributed by atoms with E-state index < -0.39 is 41.3 Å². The van der Waals surface area contributed by atoms with Gasteiger partial charge in [-0.2, -0.15) is 8.42 Å². The van der Waals surface area contributed by atoms with Gasteiger partial charge in [0.1, 0.15) is 18.3 Å². The number of aliphatic hydroxyl groups excluding tert-OH is 2. The highest BCUT2D eigenvalue weighted by Gasteiger charge is 2.43. The molecule has 1 heterocycles. The third-order valence-corrected chi connectivity index (χ3v) is 4.54. The molecule has 1 aromatic rings. The van der Waals surface area contributed by atoms with Crippen LogP contribution in [0.4, 0.5) is 0 Å². The maximum Gasteiger partial charge on any atom is 0.297 e. The van der Waals surface area contributed by atoms with Gasteiger partial charge in [-0.25, -0.2) is 0 Å². The lowest BCUT2D eigenvalue weighted by atomic mass is 10.1. The predicted molar refractivity (Wildman–Crippen MR) is 72.0 cm³/mol. The summed E-state index contributed by atoms with van der Waals surface area (Å²) in [6, 6.07) is 6.18. The van der Waals surface area contributed by atoms with Gasteiger partial charge in [0.2, 0.25) is 0 Å². The second-order valence-electron chi connectivity index (χ2n) is 4.81. The van der Waals surface area contributed by atoms with Crippen molar-refractivity contribution in [2.45, 2.75) is 36.4 Å². The molecule has 0 radical (unpaired) electrons. The third kappa shape index (κ3) is 3.60. The largest absolute Gasteiger partial charge is 0.387 e. The summed E-state index contributed by atoms with van der Waals surface area (Å²) in [7, 11) is -2.63. The quantitative estimate of drug-likeness (QED) is 0.724. The van der Waals surface area contributed by atoms with E-state index in [2.05, 4.69) is 0 Å². The van der Waals surface area contributed by atoms with E-state index in [-0.39, 0.29) is 4.90 Å². The SMILES string of the molecule is COC1O[C@@H](COS(=O)(=O)c2ccc(C)cc2)[C@H](O)[C@H]1O. The van der Waals surface area contributed by atoms with E-state index in [1.54, 1.807) is 12.1 Å². The van der Waals surface area contributed by atoms with Crippen LogP contribution in [0.2, 0.25) is 0 Å². The molecule has 2 N–H and O–H groups in total. The van der Waals surface area contributed by atoms with Gasteiger partial charge in [-0.05, 0) is 19.1 Å². The van der Waals surface area contributed by atoms with Crippen LogP contribution in [-0.4, -0.2) is 56.9 Å². The van der Waals surface area contributed by atoms with E-state index in [0.29, 0.717) is 0 Å². The lowest BCUT2D eigenvalue weighted by Crippen LogP contribution is -2.35. The molecule has 0 aliphatic carbocycles. The molecule has 21 heavy (non-hydrogen) atoms. The molecule has 1 saturated heterocycles. The van der Waals surface area contributed by atoms with Gasteiger partial charge in [0.05, 0.1) is 11.5 Å². The molecule has 2 rings (SSSR count). The van der Waals surface area contributed by atoms with E-state index >= 15 is 0 Å². The van der Waals surface area contributed by atoms with Gasteiger partial charge in [-0.15, -0.1) is 0 Å². The zero-order chi connectivity index (χ0) is 15.6. The zero-order valence-electron chi connectivity index (χ0n) is 11.7. The summed E-state index contributed by atoms with van der Waals surface area (Å²) >= 11 is 0. The number of methoxy groups -OCH3 is 1. The van der Waals surface area contributed by atoms with Crippen molar-refractivity contribution in [3.63, 3.8) is 0 Å². The summed E-state index contributed by atoms with van der Waals surface area (Å²) < 4.78 is 38.8. The molecule has 1 unspecified atom stereocenters. The highest BCUT2D eigenvalue weighted by Crippen LogP contribution is 2.23. The Morgan fingerprint density at radius 2 is 1.81 bits per heavy atom. The maximum atomic E-state index is 12.0. The van der Waals surface area contributed by atoms with Crippen LogP contribution in [-0.2, 0) is 23.8 Å². The van der Waals surface area contributed by atoms with Gasteiger partial charge >= 0.3 is 0 Å². The standard InChI is InChI=1S/C13H18O7S/c1-8-3-5-9(6-4-8)21(16,17)19-7-10-11(14)12(15)13(18-2)20-10/h3-6,10-15H,7H2,1-2H3/t10-,11-,12+,13?/m0/s1. The number of rotatable bonds is 5. The lowest BCUT2D eigenvalue weighted by Gasteiger charge is -2.14. The Hall–Kier alpha value is -1.03. The fourth-order valence-corrected chi connectivity index (χ4v) is 2.90. The van der Waals surface area contributed by atoms with Crippen LogP contribution < -0.4 is 0 Å². The predicted octanol–water partition coefficient (Wildman–Crippen LogP) is -0.207. The van der Waals surface area contributed by atoms with Gasteiger partial charge in [0.25, 0.3) is 10.1 Å². The minimum atomic E-state index is -3.94. The first kappa shape index (κ1) is 16.3. The average Bonchev–Trinajstić information content (AvgIpc) is 2.73. The molecule has 118 valence electrons. The first-order valence-electron chi connectivity index (χ1n) is 6.35. The number of aliphatic hydroxyl groups is 2. The van der Waals surface area contributed by atoms with Crippen molar-refractivity contribution in [3.05, 3.63) is 29.8 Å². The van der Waals surface area contributed by atoms with Gasteiger partial charge in [0.15, 0.2) is 6.29 Å². The van der Waals surface area contributed by atoms with Gasteiger partial charge in [0, 0.05) is 7.11 Å². The van der Waals surface area contributed by atoms with Crippen molar-refractivity contribution < 1.29 is 32.3 Å². The van der Waals surface area contributed by atoms with Crippen molar-refractivity contribution in [3.8, 4) is 0 Å². The van der Waals surface area contributed by atoms with Gasteiger partial charge in [-0.3, -0.25) is 4.18 Å². The fourth-order valence-electron chi connectivity index (χ4n) is 1.98. The molecule has 0 spiro atoms. The van der Waals surface area contributed by atoms with E-state index in [1.165, 1.54) is 19.2 Å². The summed E-state index contributed by atoms with van der Waals surface area (Å²) in [4.78, 5) is 0.0180.